The van der Waals surface area contributed by atoms with Gasteiger partial charge in [0.2, 0.25) is 0 Å². The van der Waals surface area contributed by atoms with Crippen molar-refractivity contribution in [2.75, 3.05) is 18.1 Å². The molecule has 0 aliphatic rings. The van der Waals surface area contributed by atoms with Gasteiger partial charge in [-0.2, -0.15) is 11.8 Å². The molecule has 0 radical (unpaired) electrons. The van der Waals surface area contributed by atoms with E-state index in [0.29, 0.717) is 6.61 Å². The lowest BCUT2D eigenvalue weighted by atomic mass is 9.86. The van der Waals surface area contributed by atoms with Crippen LogP contribution in [0.5, 0.6) is 0 Å². The first-order valence-corrected chi connectivity index (χ1v) is 8.80. The summed E-state index contributed by atoms with van der Waals surface area (Å²) in [6.07, 6.45) is 0.729. The quantitative estimate of drug-likeness (QED) is 0.559. The maximum absolute atomic E-state index is 12.7. The number of benzene rings is 1. The molecular weight excluding hydrogens is 282 g/mol. The Kier molecular flexibility index (Phi) is 7.83. The molecule has 1 atom stereocenters. The number of thioether (sulfide) groups is 1. The largest absolute Gasteiger partial charge is 0.464 e. The van der Waals surface area contributed by atoms with Gasteiger partial charge in [0, 0.05) is 6.04 Å². The van der Waals surface area contributed by atoms with E-state index in [9.17, 15) is 4.79 Å². The standard InChI is InChI=1S/C17H27NO2S/c1-5-20-16(19)17(18-14(3)4,12-13-21-6-2)15-10-8-7-9-11-15/h7-11,14,18H,5-6,12-13H2,1-4H3. The van der Waals surface area contributed by atoms with Gasteiger partial charge < -0.3 is 4.74 Å². The maximum Gasteiger partial charge on any atom is 0.331 e. The van der Waals surface area contributed by atoms with Crippen LogP contribution in [0.2, 0.25) is 0 Å². The topological polar surface area (TPSA) is 38.3 Å². The third-order valence-corrected chi connectivity index (χ3v) is 4.15. The van der Waals surface area contributed by atoms with Crippen molar-refractivity contribution >= 4 is 17.7 Å². The lowest BCUT2D eigenvalue weighted by Gasteiger charge is -2.35. The minimum absolute atomic E-state index is 0.179. The molecule has 0 fully saturated rings. The van der Waals surface area contributed by atoms with Gasteiger partial charge in [-0.1, -0.05) is 37.3 Å². The van der Waals surface area contributed by atoms with Crippen LogP contribution < -0.4 is 5.32 Å². The number of ether oxygens (including phenoxy) is 1. The Morgan fingerprint density at radius 2 is 1.95 bits per heavy atom. The first-order chi connectivity index (χ1) is 10.1. The van der Waals surface area contributed by atoms with E-state index in [-0.39, 0.29) is 12.0 Å². The molecule has 3 nitrogen and oxygen atoms in total. The van der Waals surface area contributed by atoms with Crippen molar-refractivity contribution in [1.29, 1.82) is 0 Å². The molecule has 0 bridgehead atoms. The van der Waals surface area contributed by atoms with Crippen LogP contribution in [0.25, 0.3) is 0 Å². The lowest BCUT2D eigenvalue weighted by molar-refractivity contribution is -0.152. The predicted molar refractivity (Wildman–Crippen MR) is 90.6 cm³/mol. The Morgan fingerprint density at radius 3 is 2.48 bits per heavy atom. The van der Waals surface area contributed by atoms with Crippen molar-refractivity contribution in [3.05, 3.63) is 35.9 Å². The van der Waals surface area contributed by atoms with E-state index in [1.807, 2.05) is 49.0 Å². The molecule has 0 aromatic heterocycles. The van der Waals surface area contributed by atoms with Crippen LogP contribution in [-0.4, -0.2) is 30.1 Å². The molecule has 0 spiro atoms. The van der Waals surface area contributed by atoms with Crippen molar-refractivity contribution in [2.24, 2.45) is 0 Å². The van der Waals surface area contributed by atoms with E-state index < -0.39 is 5.54 Å². The molecule has 0 aliphatic heterocycles. The van der Waals surface area contributed by atoms with E-state index in [0.717, 1.165) is 23.5 Å². The second-order valence-electron chi connectivity index (χ2n) is 5.24. The SMILES string of the molecule is CCOC(=O)C(CCSCC)(NC(C)C)c1ccccc1. The van der Waals surface area contributed by atoms with Crippen LogP contribution in [-0.2, 0) is 15.1 Å². The molecule has 1 unspecified atom stereocenters. The van der Waals surface area contributed by atoms with Crippen molar-refractivity contribution < 1.29 is 9.53 Å². The zero-order chi connectivity index (χ0) is 15.7. The smallest absolute Gasteiger partial charge is 0.331 e. The summed E-state index contributed by atoms with van der Waals surface area (Å²) in [5.74, 6) is 1.79. The number of carbonyl (C=O) groups is 1. The minimum Gasteiger partial charge on any atom is -0.464 e. The molecule has 1 aromatic rings. The molecular formula is C17H27NO2S. The summed E-state index contributed by atoms with van der Waals surface area (Å²) in [5, 5.41) is 3.47. The second kappa shape index (κ2) is 9.11. The maximum atomic E-state index is 12.7. The van der Waals surface area contributed by atoms with E-state index in [4.69, 9.17) is 4.74 Å². The molecule has 21 heavy (non-hydrogen) atoms. The first-order valence-electron chi connectivity index (χ1n) is 7.65. The number of nitrogens with one attached hydrogen (secondary N) is 1. The highest BCUT2D eigenvalue weighted by molar-refractivity contribution is 7.99. The number of rotatable bonds is 9. The average Bonchev–Trinajstić information content (AvgIpc) is 2.47. The average molecular weight is 309 g/mol. The number of hydrogen-bond donors (Lipinski definition) is 1. The molecule has 1 rings (SSSR count). The van der Waals surface area contributed by atoms with E-state index in [1.54, 1.807) is 0 Å². The summed E-state index contributed by atoms with van der Waals surface area (Å²) >= 11 is 1.84. The molecule has 0 saturated carbocycles. The Balaban J connectivity index is 3.16. The van der Waals surface area contributed by atoms with E-state index in [2.05, 4.69) is 26.1 Å². The monoisotopic (exact) mass is 309 g/mol. The van der Waals surface area contributed by atoms with Gasteiger partial charge >= 0.3 is 5.97 Å². The zero-order valence-corrected chi connectivity index (χ0v) is 14.3. The Hall–Kier alpha value is -1.00. The highest BCUT2D eigenvalue weighted by atomic mass is 32.2. The lowest BCUT2D eigenvalue weighted by Crippen LogP contribution is -2.53. The highest BCUT2D eigenvalue weighted by Gasteiger charge is 2.41. The van der Waals surface area contributed by atoms with E-state index >= 15 is 0 Å². The van der Waals surface area contributed by atoms with Gasteiger partial charge in [0.05, 0.1) is 6.61 Å². The van der Waals surface area contributed by atoms with Crippen molar-refractivity contribution in [3.8, 4) is 0 Å². The third kappa shape index (κ3) is 5.04. The van der Waals surface area contributed by atoms with Crippen LogP contribution >= 0.6 is 11.8 Å². The van der Waals surface area contributed by atoms with Crippen LogP contribution in [0.1, 0.15) is 39.7 Å². The summed E-state index contributed by atoms with van der Waals surface area (Å²) in [7, 11) is 0. The van der Waals surface area contributed by atoms with Crippen molar-refractivity contribution in [3.63, 3.8) is 0 Å². The number of carbonyl (C=O) groups excluding carboxylic acids is 1. The third-order valence-electron chi connectivity index (χ3n) is 3.25. The highest BCUT2D eigenvalue weighted by Crippen LogP contribution is 2.29. The second-order valence-corrected chi connectivity index (χ2v) is 6.63. The molecule has 1 N–H and O–H groups in total. The van der Waals surface area contributed by atoms with Gasteiger partial charge in [-0.15, -0.1) is 0 Å². The normalized spacial score (nSPS) is 14.0. The van der Waals surface area contributed by atoms with Crippen molar-refractivity contribution in [1.82, 2.24) is 5.32 Å². The minimum atomic E-state index is -0.756. The summed E-state index contributed by atoms with van der Waals surface area (Å²) < 4.78 is 5.38. The fraction of sp³-hybridized carbons (Fsp3) is 0.588. The number of esters is 1. The van der Waals surface area contributed by atoms with Crippen LogP contribution in [0.15, 0.2) is 30.3 Å². The van der Waals surface area contributed by atoms with Gasteiger partial charge in [0.25, 0.3) is 0 Å². The molecule has 0 aliphatic carbocycles. The fourth-order valence-corrected chi connectivity index (χ4v) is 3.16. The van der Waals surface area contributed by atoms with Crippen LogP contribution in [0, 0.1) is 0 Å². The van der Waals surface area contributed by atoms with E-state index in [1.165, 1.54) is 0 Å². The summed E-state index contributed by atoms with van der Waals surface area (Å²) in [6.45, 7) is 8.50. The Labute approximate surface area is 132 Å². The van der Waals surface area contributed by atoms with Gasteiger partial charge in [-0.3, -0.25) is 5.32 Å². The van der Waals surface area contributed by atoms with Gasteiger partial charge in [-0.05, 0) is 44.3 Å². The van der Waals surface area contributed by atoms with Crippen LogP contribution in [0.3, 0.4) is 0 Å². The molecule has 118 valence electrons. The molecule has 1 aromatic carbocycles. The summed E-state index contributed by atoms with van der Waals surface area (Å²) in [4.78, 5) is 12.7. The van der Waals surface area contributed by atoms with Gasteiger partial charge in [-0.25, -0.2) is 4.79 Å². The predicted octanol–water partition coefficient (Wildman–Crippen LogP) is 3.59. The Bertz CT molecular complexity index is 422. The molecule has 0 heterocycles. The zero-order valence-electron chi connectivity index (χ0n) is 13.5. The van der Waals surface area contributed by atoms with Gasteiger partial charge in [0.1, 0.15) is 5.54 Å². The summed E-state index contributed by atoms with van der Waals surface area (Å²) in [5.41, 5.74) is 0.224. The number of hydrogen-bond acceptors (Lipinski definition) is 4. The molecule has 4 heteroatoms. The molecule has 0 saturated heterocycles. The Morgan fingerprint density at radius 1 is 1.29 bits per heavy atom. The summed E-state index contributed by atoms with van der Waals surface area (Å²) in [6, 6.07) is 10.1. The first kappa shape index (κ1) is 18.1. The van der Waals surface area contributed by atoms with Gasteiger partial charge in [0.15, 0.2) is 0 Å². The fourth-order valence-electron chi connectivity index (χ4n) is 2.42. The molecule has 0 amide bonds. The van der Waals surface area contributed by atoms with Crippen LogP contribution in [0.4, 0.5) is 0 Å². The van der Waals surface area contributed by atoms with Crippen molar-refractivity contribution in [2.45, 2.75) is 45.7 Å².